The minimum Gasteiger partial charge on any atom is -0.408 e. The van der Waals surface area contributed by atoms with Gasteiger partial charge in [-0.05, 0) is 23.8 Å². The van der Waals surface area contributed by atoms with Gasteiger partial charge in [-0.2, -0.15) is 5.48 Å². The van der Waals surface area contributed by atoms with Crippen molar-refractivity contribution >= 4 is 17.2 Å². The van der Waals surface area contributed by atoms with Crippen LogP contribution in [0.5, 0.6) is 5.75 Å². The van der Waals surface area contributed by atoms with Crippen molar-refractivity contribution in [2.24, 2.45) is 0 Å². The molecular formula is C9H8ClNO. The molecule has 0 spiro atoms. The average Bonchev–Trinajstić information content (AvgIpc) is 2.07. The molecule has 0 aromatic heterocycles. The van der Waals surface area contributed by atoms with E-state index in [0.29, 0.717) is 11.6 Å². The van der Waals surface area contributed by atoms with Crippen LogP contribution in [0.15, 0.2) is 24.8 Å². The Hall–Kier alpha value is -0.990. The Morgan fingerprint density at radius 3 is 3.17 bits per heavy atom. The summed E-state index contributed by atoms with van der Waals surface area (Å²) < 4.78 is 0. The first-order chi connectivity index (χ1) is 5.77. The van der Waals surface area contributed by atoms with E-state index in [1.807, 2.05) is 12.1 Å². The zero-order valence-corrected chi connectivity index (χ0v) is 7.19. The van der Waals surface area contributed by atoms with Crippen LogP contribution >= 0.6 is 11.6 Å². The average molecular weight is 182 g/mol. The second-order valence-electron chi connectivity index (χ2n) is 2.67. The number of benzene rings is 1. The Kier molecular flexibility index (Phi) is 1.79. The van der Waals surface area contributed by atoms with Crippen molar-refractivity contribution in [3.8, 4) is 5.75 Å². The highest BCUT2D eigenvalue weighted by atomic mass is 35.5. The van der Waals surface area contributed by atoms with Crippen molar-refractivity contribution < 1.29 is 4.84 Å². The van der Waals surface area contributed by atoms with Crippen molar-refractivity contribution in [3.63, 3.8) is 0 Å². The van der Waals surface area contributed by atoms with E-state index in [4.69, 9.17) is 16.4 Å². The summed E-state index contributed by atoms with van der Waals surface area (Å²) in [5.74, 6) is 0.788. The van der Waals surface area contributed by atoms with Gasteiger partial charge in [0.2, 0.25) is 0 Å². The number of fused-ring (bicyclic) bond motifs is 1. The molecule has 3 heteroatoms. The lowest BCUT2D eigenvalue weighted by Gasteiger charge is -2.19. The first kappa shape index (κ1) is 7.65. The summed E-state index contributed by atoms with van der Waals surface area (Å²) in [5, 5.41) is 0.709. The van der Waals surface area contributed by atoms with Crippen molar-refractivity contribution in [2.75, 3.05) is 6.54 Å². The molecule has 62 valence electrons. The van der Waals surface area contributed by atoms with Crippen LogP contribution in [0.4, 0.5) is 0 Å². The third-order valence-corrected chi connectivity index (χ3v) is 2.03. The number of hydroxylamine groups is 1. The predicted molar refractivity (Wildman–Crippen MR) is 49.1 cm³/mol. The summed E-state index contributed by atoms with van der Waals surface area (Å²) in [6.45, 7) is 4.54. The molecule has 0 saturated carbocycles. The Morgan fingerprint density at radius 2 is 2.33 bits per heavy atom. The van der Waals surface area contributed by atoms with Gasteiger partial charge in [-0.1, -0.05) is 18.2 Å². The van der Waals surface area contributed by atoms with E-state index < -0.39 is 0 Å². The molecule has 1 aliphatic heterocycles. The van der Waals surface area contributed by atoms with Crippen LogP contribution in [0.2, 0.25) is 5.02 Å². The van der Waals surface area contributed by atoms with Gasteiger partial charge in [-0.3, -0.25) is 0 Å². The van der Waals surface area contributed by atoms with E-state index in [1.54, 1.807) is 6.07 Å². The van der Waals surface area contributed by atoms with Crippen molar-refractivity contribution in [1.82, 2.24) is 5.48 Å². The fourth-order valence-electron chi connectivity index (χ4n) is 1.16. The normalized spacial score (nSPS) is 15.2. The number of rotatable bonds is 0. The molecule has 0 amide bonds. The van der Waals surface area contributed by atoms with Crippen molar-refractivity contribution in [1.29, 1.82) is 0 Å². The lowest BCUT2D eigenvalue weighted by molar-refractivity contribution is 0.202. The molecule has 0 saturated heterocycles. The van der Waals surface area contributed by atoms with Gasteiger partial charge in [-0.25, -0.2) is 0 Å². The van der Waals surface area contributed by atoms with Gasteiger partial charge in [0.05, 0.1) is 6.54 Å². The summed E-state index contributed by atoms with van der Waals surface area (Å²) >= 11 is 5.82. The standard InChI is InChI=1S/C9H8ClNO/c1-6-5-11-12-9-3-2-7(10)4-8(6)9/h2-4,11H,1,5H2. The summed E-state index contributed by atoms with van der Waals surface area (Å²) in [7, 11) is 0. The topological polar surface area (TPSA) is 21.3 Å². The van der Waals surface area contributed by atoms with Crippen molar-refractivity contribution in [2.45, 2.75) is 0 Å². The Morgan fingerprint density at radius 1 is 1.50 bits per heavy atom. The predicted octanol–water partition coefficient (Wildman–Crippen LogP) is 2.25. The molecule has 2 nitrogen and oxygen atoms in total. The maximum absolute atomic E-state index is 5.82. The third-order valence-electron chi connectivity index (χ3n) is 1.79. The number of halogens is 1. The molecule has 12 heavy (non-hydrogen) atoms. The number of hydrogen-bond acceptors (Lipinski definition) is 2. The fraction of sp³-hybridized carbons (Fsp3) is 0.111. The molecule has 0 aliphatic carbocycles. The first-order valence-corrected chi connectivity index (χ1v) is 4.02. The highest BCUT2D eigenvalue weighted by Gasteiger charge is 2.13. The molecule has 1 aromatic carbocycles. The second-order valence-corrected chi connectivity index (χ2v) is 3.10. The monoisotopic (exact) mass is 181 g/mol. The lowest BCUT2D eigenvalue weighted by atomic mass is 10.1. The molecule has 2 rings (SSSR count). The first-order valence-electron chi connectivity index (χ1n) is 3.65. The molecule has 1 N–H and O–H groups in total. The van der Waals surface area contributed by atoms with Gasteiger partial charge in [0, 0.05) is 10.6 Å². The van der Waals surface area contributed by atoms with E-state index in [9.17, 15) is 0 Å². The number of nitrogens with one attached hydrogen (secondary N) is 1. The Bertz CT molecular complexity index is 335. The van der Waals surface area contributed by atoms with Crippen LogP contribution in [-0.2, 0) is 0 Å². The largest absolute Gasteiger partial charge is 0.408 e. The van der Waals surface area contributed by atoms with Crippen LogP contribution in [0.25, 0.3) is 5.57 Å². The minimum atomic E-state index is 0.646. The molecule has 0 fully saturated rings. The molecule has 0 atom stereocenters. The lowest BCUT2D eigenvalue weighted by Crippen LogP contribution is -2.25. The Balaban J connectivity index is 2.54. The fourth-order valence-corrected chi connectivity index (χ4v) is 1.34. The highest BCUT2D eigenvalue weighted by Crippen LogP contribution is 2.29. The van der Waals surface area contributed by atoms with Crippen LogP contribution in [0.3, 0.4) is 0 Å². The zero-order chi connectivity index (χ0) is 8.55. The van der Waals surface area contributed by atoms with Crippen LogP contribution in [0, 0.1) is 0 Å². The molecular weight excluding hydrogens is 174 g/mol. The van der Waals surface area contributed by atoms with Gasteiger partial charge in [-0.15, -0.1) is 0 Å². The molecule has 0 unspecified atom stereocenters. The smallest absolute Gasteiger partial charge is 0.154 e. The molecule has 1 aromatic rings. The molecule has 1 heterocycles. The van der Waals surface area contributed by atoms with Gasteiger partial charge >= 0.3 is 0 Å². The summed E-state index contributed by atoms with van der Waals surface area (Å²) in [6, 6.07) is 5.48. The number of hydrogen-bond donors (Lipinski definition) is 1. The van der Waals surface area contributed by atoms with E-state index in [2.05, 4.69) is 12.1 Å². The summed E-state index contributed by atoms with van der Waals surface area (Å²) in [6.07, 6.45) is 0. The third kappa shape index (κ3) is 1.19. The highest BCUT2D eigenvalue weighted by molar-refractivity contribution is 6.30. The van der Waals surface area contributed by atoms with Crippen LogP contribution < -0.4 is 10.3 Å². The van der Waals surface area contributed by atoms with Gasteiger partial charge in [0.1, 0.15) is 0 Å². The molecule has 1 aliphatic rings. The second kappa shape index (κ2) is 2.81. The van der Waals surface area contributed by atoms with Gasteiger partial charge < -0.3 is 4.84 Å². The molecule has 0 bridgehead atoms. The zero-order valence-electron chi connectivity index (χ0n) is 6.43. The SMILES string of the molecule is C=C1CNOc2ccc(Cl)cc21. The van der Waals surface area contributed by atoms with E-state index in [-0.39, 0.29) is 0 Å². The maximum atomic E-state index is 5.82. The van der Waals surface area contributed by atoms with Gasteiger partial charge in [0.15, 0.2) is 5.75 Å². The Labute approximate surface area is 75.8 Å². The van der Waals surface area contributed by atoms with Gasteiger partial charge in [0.25, 0.3) is 0 Å². The van der Waals surface area contributed by atoms with E-state index in [1.165, 1.54) is 0 Å². The van der Waals surface area contributed by atoms with Crippen LogP contribution in [0.1, 0.15) is 5.56 Å². The van der Waals surface area contributed by atoms with E-state index >= 15 is 0 Å². The van der Waals surface area contributed by atoms with E-state index in [0.717, 1.165) is 16.9 Å². The van der Waals surface area contributed by atoms with Crippen molar-refractivity contribution in [3.05, 3.63) is 35.4 Å². The summed E-state index contributed by atoms with van der Waals surface area (Å²) in [4.78, 5) is 5.18. The quantitative estimate of drug-likeness (QED) is 0.663. The minimum absolute atomic E-state index is 0.646. The van der Waals surface area contributed by atoms with Crippen LogP contribution in [-0.4, -0.2) is 6.54 Å². The molecule has 0 radical (unpaired) electrons. The maximum Gasteiger partial charge on any atom is 0.154 e. The summed E-state index contributed by atoms with van der Waals surface area (Å²) in [5.41, 5.74) is 4.75.